The van der Waals surface area contributed by atoms with Gasteiger partial charge in [0, 0.05) is 44.0 Å². The Labute approximate surface area is 172 Å². The SMILES string of the molecule is Cc1ccc(N)cc1C(=O)N1CCCN(Cc2ccc(F)cc2)CC1.Cl.Cl. The van der Waals surface area contributed by atoms with E-state index in [4.69, 9.17) is 5.73 Å². The number of benzene rings is 2. The fourth-order valence-corrected chi connectivity index (χ4v) is 3.22. The van der Waals surface area contributed by atoms with E-state index in [0.29, 0.717) is 17.8 Å². The number of carbonyl (C=O) groups is 1. The van der Waals surface area contributed by atoms with Crippen molar-refractivity contribution in [2.24, 2.45) is 0 Å². The number of halogens is 3. The van der Waals surface area contributed by atoms with E-state index in [9.17, 15) is 9.18 Å². The lowest BCUT2D eigenvalue weighted by Crippen LogP contribution is -2.35. The highest BCUT2D eigenvalue weighted by Crippen LogP contribution is 2.17. The van der Waals surface area contributed by atoms with Gasteiger partial charge >= 0.3 is 0 Å². The standard InChI is InChI=1S/C20H24FN3O.2ClH/c1-15-3-8-18(22)13-19(15)20(25)24-10-2-9-23(11-12-24)14-16-4-6-17(21)7-5-16;;/h3-8,13H,2,9-12,14,22H2,1H3;2*1H. The van der Waals surface area contributed by atoms with Gasteiger partial charge < -0.3 is 10.6 Å². The number of aryl methyl sites for hydroxylation is 1. The lowest BCUT2D eigenvalue weighted by Gasteiger charge is -2.23. The first-order chi connectivity index (χ1) is 12.0. The summed E-state index contributed by atoms with van der Waals surface area (Å²) >= 11 is 0. The first kappa shape index (κ1) is 23.2. The van der Waals surface area contributed by atoms with Gasteiger partial charge in [0.2, 0.25) is 0 Å². The number of nitrogens with two attached hydrogens (primary N) is 1. The summed E-state index contributed by atoms with van der Waals surface area (Å²) < 4.78 is 13.0. The number of nitrogens with zero attached hydrogens (tertiary/aromatic N) is 2. The molecule has 0 saturated carbocycles. The lowest BCUT2D eigenvalue weighted by atomic mass is 10.1. The zero-order valence-electron chi connectivity index (χ0n) is 15.4. The molecule has 1 fully saturated rings. The molecule has 1 amide bonds. The van der Waals surface area contributed by atoms with Crippen molar-refractivity contribution in [3.05, 3.63) is 65.0 Å². The highest BCUT2D eigenvalue weighted by molar-refractivity contribution is 5.96. The van der Waals surface area contributed by atoms with Crippen molar-refractivity contribution < 1.29 is 9.18 Å². The third kappa shape index (κ3) is 6.09. The second-order valence-corrected chi connectivity index (χ2v) is 6.62. The fraction of sp³-hybridized carbons (Fsp3) is 0.350. The Morgan fingerprint density at radius 3 is 2.44 bits per heavy atom. The van der Waals surface area contributed by atoms with Crippen molar-refractivity contribution in [3.8, 4) is 0 Å². The first-order valence-electron chi connectivity index (χ1n) is 8.65. The van der Waals surface area contributed by atoms with Crippen LogP contribution in [-0.4, -0.2) is 41.9 Å². The van der Waals surface area contributed by atoms with Crippen LogP contribution in [-0.2, 0) is 6.54 Å². The number of hydrogen-bond acceptors (Lipinski definition) is 3. The van der Waals surface area contributed by atoms with Gasteiger partial charge in [-0.2, -0.15) is 0 Å². The highest BCUT2D eigenvalue weighted by Gasteiger charge is 2.21. The maximum absolute atomic E-state index is 13.0. The van der Waals surface area contributed by atoms with Gasteiger partial charge in [0.05, 0.1) is 0 Å². The molecule has 0 unspecified atom stereocenters. The van der Waals surface area contributed by atoms with E-state index in [0.717, 1.165) is 43.7 Å². The van der Waals surface area contributed by atoms with Gasteiger partial charge in [0.25, 0.3) is 5.91 Å². The van der Waals surface area contributed by atoms with Crippen molar-refractivity contribution in [3.63, 3.8) is 0 Å². The Morgan fingerprint density at radius 2 is 1.74 bits per heavy atom. The molecule has 1 heterocycles. The molecule has 7 heteroatoms. The zero-order valence-corrected chi connectivity index (χ0v) is 17.0. The van der Waals surface area contributed by atoms with Gasteiger partial charge in [-0.25, -0.2) is 4.39 Å². The quantitative estimate of drug-likeness (QED) is 0.775. The summed E-state index contributed by atoms with van der Waals surface area (Å²) in [6, 6.07) is 12.1. The molecule has 2 N–H and O–H groups in total. The number of anilines is 1. The van der Waals surface area contributed by atoms with Crippen LogP contribution in [0, 0.1) is 12.7 Å². The molecule has 0 aliphatic carbocycles. The molecule has 148 valence electrons. The summed E-state index contributed by atoms with van der Waals surface area (Å²) in [6.07, 6.45) is 0.925. The van der Waals surface area contributed by atoms with Crippen molar-refractivity contribution >= 4 is 36.4 Å². The van der Waals surface area contributed by atoms with E-state index in [2.05, 4.69) is 4.90 Å². The maximum Gasteiger partial charge on any atom is 0.254 e. The van der Waals surface area contributed by atoms with Gasteiger partial charge in [-0.15, -0.1) is 24.8 Å². The second kappa shape index (κ2) is 10.5. The van der Waals surface area contributed by atoms with Gasteiger partial charge in [0.1, 0.15) is 5.82 Å². The Morgan fingerprint density at radius 1 is 1.04 bits per heavy atom. The predicted octanol–water partition coefficient (Wildman–Crippen LogP) is 3.91. The zero-order chi connectivity index (χ0) is 17.8. The van der Waals surface area contributed by atoms with Crippen LogP contribution in [0.4, 0.5) is 10.1 Å². The van der Waals surface area contributed by atoms with Crippen LogP contribution in [0.2, 0.25) is 0 Å². The second-order valence-electron chi connectivity index (χ2n) is 6.62. The molecule has 2 aromatic rings. The van der Waals surface area contributed by atoms with E-state index >= 15 is 0 Å². The first-order valence-corrected chi connectivity index (χ1v) is 8.65. The molecule has 1 aliphatic rings. The Bertz CT molecular complexity index is 755. The summed E-state index contributed by atoms with van der Waals surface area (Å²) in [5.74, 6) is -0.165. The van der Waals surface area contributed by atoms with E-state index in [-0.39, 0.29) is 36.5 Å². The third-order valence-electron chi connectivity index (χ3n) is 4.69. The van der Waals surface area contributed by atoms with Crippen LogP contribution in [0.15, 0.2) is 42.5 Å². The number of rotatable bonds is 3. The molecule has 2 aromatic carbocycles. The summed E-state index contributed by atoms with van der Waals surface area (Å²) in [4.78, 5) is 17.1. The summed E-state index contributed by atoms with van der Waals surface area (Å²) in [7, 11) is 0. The molecule has 0 bridgehead atoms. The fourth-order valence-electron chi connectivity index (χ4n) is 3.22. The smallest absolute Gasteiger partial charge is 0.254 e. The number of amides is 1. The Kier molecular flexibility index (Phi) is 9.03. The molecular weight excluding hydrogens is 388 g/mol. The topological polar surface area (TPSA) is 49.6 Å². The molecule has 1 saturated heterocycles. The Hall–Kier alpha value is -1.82. The minimum atomic E-state index is -0.214. The van der Waals surface area contributed by atoms with Gasteiger partial charge in [0.15, 0.2) is 0 Å². The van der Waals surface area contributed by atoms with E-state index in [1.807, 2.05) is 36.1 Å². The van der Waals surface area contributed by atoms with Crippen molar-refractivity contribution in [1.29, 1.82) is 0 Å². The van der Waals surface area contributed by atoms with Crippen LogP contribution in [0.25, 0.3) is 0 Å². The maximum atomic E-state index is 13.0. The minimum Gasteiger partial charge on any atom is -0.399 e. The third-order valence-corrected chi connectivity index (χ3v) is 4.69. The minimum absolute atomic E-state index is 0. The highest BCUT2D eigenvalue weighted by atomic mass is 35.5. The van der Waals surface area contributed by atoms with E-state index in [1.54, 1.807) is 6.07 Å². The average Bonchev–Trinajstić information content (AvgIpc) is 2.84. The van der Waals surface area contributed by atoms with Gasteiger partial charge in [-0.05, 0) is 48.7 Å². The Balaban J connectivity index is 0.00000182. The van der Waals surface area contributed by atoms with Crippen molar-refractivity contribution in [2.45, 2.75) is 19.9 Å². The number of carbonyl (C=O) groups excluding carboxylic acids is 1. The number of nitrogen functional groups attached to an aromatic ring is 1. The monoisotopic (exact) mass is 413 g/mol. The number of hydrogen-bond donors (Lipinski definition) is 1. The predicted molar refractivity (Wildman–Crippen MR) is 112 cm³/mol. The molecule has 0 atom stereocenters. The van der Waals surface area contributed by atoms with E-state index < -0.39 is 0 Å². The van der Waals surface area contributed by atoms with Gasteiger partial charge in [-0.1, -0.05) is 18.2 Å². The molecule has 1 aliphatic heterocycles. The summed E-state index contributed by atoms with van der Waals surface area (Å²) in [5.41, 5.74) is 9.18. The van der Waals surface area contributed by atoms with Crippen LogP contribution < -0.4 is 5.73 Å². The van der Waals surface area contributed by atoms with Gasteiger partial charge in [-0.3, -0.25) is 9.69 Å². The molecule has 0 spiro atoms. The van der Waals surface area contributed by atoms with Crippen LogP contribution in [0.5, 0.6) is 0 Å². The molecular formula is C20H26Cl2FN3O. The van der Waals surface area contributed by atoms with Crippen LogP contribution in [0.1, 0.15) is 27.9 Å². The summed E-state index contributed by atoms with van der Waals surface area (Å²) in [6.45, 7) is 5.88. The van der Waals surface area contributed by atoms with Crippen LogP contribution >= 0.6 is 24.8 Å². The largest absolute Gasteiger partial charge is 0.399 e. The molecule has 3 rings (SSSR count). The van der Waals surface area contributed by atoms with E-state index in [1.165, 1.54) is 12.1 Å². The molecule has 27 heavy (non-hydrogen) atoms. The molecule has 4 nitrogen and oxygen atoms in total. The van der Waals surface area contributed by atoms with Crippen molar-refractivity contribution in [1.82, 2.24) is 9.80 Å². The average molecular weight is 414 g/mol. The molecule has 0 radical (unpaired) electrons. The summed E-state index contributed by atoms with van der Waals surface area (Å²) in [5, 5.41) is 0. The normalized spacial score (nSPS) is 14.7. The lowest BCUT2D eigenvalue weighted by molar-refractivity contribution is 0.0760. The van der Waals surface area contributed by atoms with Crippen molar-refractivity contribution in [2.75, 3.05) is 31.9 Å². The van der Waals surface area contributed by atoms with Crippen LogP contribution in [0.3, 0.4) is 0 Å². The molecule has 0 aromatic heterocycles.